The summed E-state index contributed by atoms with van der Waals surface area (Å²) in [6, 6.07) is 5.46. The molecule has 0 amide bonds. The van der Waals surface area contributed by atoms with Crippen LogP contribution in [0.2, 0.25) is 0 Å². The standard InChI is InChI=1S/C17H23NO5/c1-5-14-10(2)15(21-11(3)19)17(22-12(4)20)16(23-14)13-8-6-7-9-18-13/h6-10,14-17H,5H2,1-4H3/t10-,14-,15+,16-,17-/m1/s1. The first-order valence-corrected chi connectivity index (χ1v) is 7.84. The molecule has 23 heavy (non-hydrogen) atoms. The van der Waals surface area contributed by atoms with Crippen LogP contribution in [0.25, 0.3) is 0 Å². The Balaban J connectivity index is 2.39. The molecule has 126 valence electrons. The number of rotatable bonds is 4. The van der Waals surface area contributed by atoms with Gasteiger partial charge in [0.05, 0.1) is 11.8 Å². The molecular weight excluding hydrogens is 298 g/mol. The second-order valence-electron chi connectivity index (χ2n) is 5.77. The highest BCUT2D eigenvalue weighted by atomic mass is 16.6. The monoisotopic (exact) mass is 321 g/mol. The average Bonchev–Trinajstić information content (AvgIpc) is 2.51. The Labute approximate surface area is 136 Å². The smallest absolute Gasteiger partial charge is 0.303 e. The van der Waals surface area contributed by atoms with E-state index in [0.717, 1.165) is 6.42 Å². The van der Waals surface area contributed by atoms with Crippen molar-refractivity contribution < 1.29 is 23.8 Å². The first-order chi connectivity index (χ1) is 10.9. The van der Waals surface area contributed by atoms with Gasteiger partial charge in [-0.1, -0.05) is 19.9 Å². The lowest BCUT2D eigenvalue weighted by Gasteiger charge is -2.44. The quantitative estimate of drug-likeness (QED) is 0.793. The van der Waals surface area contributed by atoms with Gasteiger partial charge in [0, 0.05) is 26.0 Å². The summed E-state index contributed by atoms with van der Waals surface area (Å²) in [5.74, 6) is -0.942. The summed E-state index contributed by atoms with van der Waals surface area (Å²) in [4.78, 5) is 27.4. The van der Waals surface area contributed by atoms with Gasteiger partial charge >= 0.3 is 11.9 Å². The molecule has 0 N–H and O–H groups in total. The number of carbonyl (C=O) groups is 2. The van der Waals surface area contributed by atoms with Crippen LogP contribution < -0.4 is 0 Å². The fourth-order valence-electron chi connectivity index (χ4n) is 3.01. The minimum Gasteiger partial charge on any atom is -0.458 e. The molecule has 5 atom stereocenters. The van der Waals surface area contributed by atoms with Crippen LogP contribution in [0.1, 0.15) is 45.9 Å². The van der Waals surface area contributed by atoms with E-state index in [-0.39, 0.29) is 12.0 Å². The predicted octanol–water partition coefficient (Wildman–Crippen LogP) is 2.43. The van der Waals surface area contributed by atoms with Crippen LogP contribution >= 0.6 is 0 Å². The topological polar surface area (TPSA) is 74.7 Å². The Hall–Kier alpha value is -1.95. The van der Waals surface area contributed by atoms with E-state index in [0.29, 0.717) is 5.69 Å². The fourth-order valence-corrected chi connectivity index (χ4v) is 3.01. The molecule has 0 saturated carbocycles. The second kappa shape index (κ2) is 7.55. The average molecular weight is 321 g/mol. The lowest BCUT2D eigenvalue weighted by Crippen LogP contribution is -2.53. The molecule has 0 aliphatic carbocycles. The van der Waals surface area contributed by atoms with E-state index in [1.807, 2.05) is 26.0 Å². The molecule has 1 saturated heterocycles. The van der Waals surface area contributed by atoms with Gasteiger partial charge in [-0.05, 0) is 18.6 Å². The third-order valence-electron chi connectivity index (χ3n) is 4.03. The van der Waals surface area contributed by atoms with E-state index in [2.05, 4.69) is 4.98 Å². The highest BCUT2D eigenvalue weighted by molar-refractivity contribution is 5.67. The first-order valence-electron chi connectivity index (χ1n) is 7.84. The van der Waals surface area contributed by atoms with Crippen molar-refractivity contribution in [2.24, 2.45) is 5.92 Å². The molecule has 0 bridgehead atoms. The van der Waals surface area contributed by atoms with Gasteiger partial charge in [0.25, 0.3) is 0 Å². The number of hydrogen-bond donors (Lipinski definition) is 0. The van der Waals surface area contributed by atoms with Crippen LogP contribution in [0.15, 0.2) is 24.4 Å². The third-order valence-corrected chi connectivity index (χ3v) is 4.03. The van der Waals surface area contributed by atoms with Crippen LogP contribution in [0.5, 0.6) is 0 Å². The first kappa shape index (κ1) is 17.4. The van der Waals surface area contributed by atoms with Gasteiger partial charge in [-0.15, -0.1) is 0 Å². The van der Waals surface area contributed by atoms with Crippen LogP contribution in [0.4, 0.5) is 0 Å². The molecule has 1 aliphatic heterocycles. The van der Waals surface area contributed by atoms with Crippen molar-refractivity contribution in [3.05, 3.63) is 30.1 Å². The third kappa shape index (κ3) is 4.07. The zero-order chi connectivity index (χ0) is 17.0. The zero-order valence-corrected chi connectivity index (χ0v) is 13.9. The van der Waals surface area contributed by atoms with Crippen LogP contribution in [0.3, 0.4) is 0 Å². The van der Waals surface area contributed by atoms with Gasteiger partial charge in [0.15, 0.2) is 6.10 Å². The van der Waals surface area contributed by atoms with Crippen molar-refractivity contribution in [2.45, 2.75) is 58.5 Å². The van der Waals surface area contributed by atoms with Gasteiger partial charge in [-0.25, -0.2) is 0 Å². The molecule has 6 heteroatoms. The Morgan fingerprint density at radius 1 is 1.17 bits per heavy atom. The zero-order valence-electron chi connectivity index (χ0n) is 13.9. The van der Waals surface area contributed by atoms with E-state index >= 15 is 0 Å². The maximum Gasteiger partial charge on any atom is 0.303 e. The van der Waals surface area contributed by atoms with E-state index in [1.54, 1.807) is 12.3 Å². The van der Waals surface area contributed by atoms with Gasteiger partial charge < -0.3 is 14.2 Å². The Morgan fingerprint density at radius 2 is 1.83 bits per heavy atom. The van der Waals surface area contributed by atoms with E-state index in [9.17, 15) is 9.59 Å². The number of nitrogens with zero attached hydrogens (tertiary/aromatic N) is 1. The van der Waals surface area contributed by atoms with Crippen molar-refractivity contribution in [1.82, 2.24) is 4.98 Å². The molecule has 0 spiro atoms. The van der Waals surface area contributed by atoms with Gasteiger partial charge in [0.1, 0.15) is 12.2 Å². The molecule has 1 aromatic heterocycles. The van der Waals surface area contributed by atoms with Crippen molar-refractivity contribution in [3.63, 3.8) is 0 Å². The van der Waals surface area contributed by atoms with Crippen LogP contribution in [0, 0.1) is 5.92 Å². The number of esters is 2. The summed E-state index contributed by atoms with van der Waals surface area (Å²) in [5.41, 5.74) is 0.654. The fraction of sp³-hybridized carbons (Fsp3) is 0.588. The minimum absolute atomic E-state index is 0.0896. The summed E-state index contributed by atoms with van der Waals surface area (Å²) in [6.07, 6.45) is 0.452. The van der Waals surface area contributed by atoms with Crippen LogP contribution in [-0.4, -0.2) is 35.2 Å². The van der Waals surface area contributed by atoms with Crippen molar-refractivity contribution >= 4 is 11.9 Å². The summed E-state index contributed by atoms with van der Waals surface area (Å²) >= 11 is 0. The van der Waals surface area contributed by atoms with Crippen molar-refractivity contribution in [2.75, 3.05) is 0 Å². The molecule has 1 aliphatic rings. The molecule has 1 fully saturated rings. The molecule has 1 aromatic rings. The number of ether oxygens (including phenoxy) is 3. The summed E-state index contributed by atoms with van der Waals surface area (Å²) < 4.78 is 17.1. The number of hydrogen-bond acceptors (Lipinski definition) is 6. The molecule has 0 unspecified atom stereocenters. The maximum atomic E-state index is 11.5. The summed E-state index contributed by atoms with van der Waals surface area (Å²) in [6.45, 7) is 6.63. The van der Waals surface area contributed by atoms with Crippen molar-refractivity contribution in [3.8, 4) is 0 Å². The molecule has 0 aromatic carbocycles. The van der Waals surface area contributed by atoms with Gasteiger partial charge in [0.2, 0.25) is 0 Å². The highest BCUT2D eigenvalue weighted by Crippen LogP contribution is 2.38. The molecular formula is C17H23NO5. The Kier molecular flexibility index (Phi) is 5.71. The summed E-state index contributed by atoms with van der Waals surface area (Å²) in [5, 5.41) is 0. The van der Waals surface area contributed by atoms with Gasteiger partial charge in [-0.2, -0.15) is 0 Å². The molecule has 6 nitrogen and oxygen atoms in total. The Bertz CT molecular complexity index is 547. The largest absolute Gasteiger partial charge is 0.458 e. The van der Waals surface area contributed by atoms with E-state index in [1.165, 1.54) is 13.8 Å². The number of pyridine rings is 1. The lowest BCUT2D eigenvalue weighted by molar-refractivity contribution is -0.226. The van der Waals surface area contributed by atoms with Crippen molar-refractivity contribution in [1.29, 1.82) is 0 Å². The second-order valence-corrected chi connectivity index (χ2v) is 5.77. The van der Waals surface area contributed by atoms with E-state index < -0.39 is 30.3 Å². The Morgan fingerprint density at radius 3 is 2.35 bits per heavy atom. The minimum atomic E-state index is -0.718. The number of carbonyl (C=O) groups excluding carboxylic acids is 2. The maximum absolute atomic E-state index is 11.5. The summed E-state index contributed by atoms with van der Waals surface area (Å²) in [7, 11) is 0. The molecule has 2 heterocycles. The SMILES string of the molecule is CC[C@H]1O[C@H](c2ccccn2)[C@H](OC(C)=O)[C@@H](OC(C)=O)[C@@H]1C. The number of aromatic nitrogens is 1. The predicted molar refractivity (Wildman–Crippen MR) is 82.4 cm³/mol. The lowest BCUT2D eigenvalue weighted by atomic mass is 9.85. The van der Waals surface area contributed by atoms with Crippen LogP contribution in [-0.2, 0) is 23.8 Å². The van der Waals surface area contributed by atoms with Gasteiger partial charge in [-0.3, -0.25) is 14.6 Å². The molecule has 2 rings (SSSR count). The molecule has 0 radical (unpaired) electrons. The van der Waals surface area contributed by atoms with E-state index in [4.69, 9.17) is 14.2 Å². The normalized spacial score (nSPS) is 30.5. The highest BCUT2D eigenvalue weighted by Gasteiger charge is 2.48.